The van der Waals surface area contributed by atoms with E-state index in [-0.39, 0.29) is 35.3 Å². The van der Waals surface area contributed by atoms with Crippen molar-refractivity contribution in [3.63, 3.8) is 0 Å². The highest BCUT2D eigenvalue weighted by Gasteiger charge is 2.70. The van der Waals surface area contributed by atoms with Gasteiger partial charge >= 0.3 is 6.03 Å². The van der Waals surface area contributed by atoms with E-state index in [4.69, 9.17) is 0 Å². The molecule has 5 aliphatic rings. The fourth-order valence-corrected chi connectivity index (χ4v) is 11.0. The Morgan fingerprint density at radius 1 is 0.907 bits per heavy atom. The van der Waals surface area contributed by atoms with Gasteiger partial charge in [-0.2, -0.15) is 0 Å². The molecule has 5 atom stereocenters. The molecule has 304 valence electrons. The maximum absolute atomic E-state index is 14.9. The number of urea groups is 1. The minimum atomic E-state index is -3.59. The van der Waals surface area contributed by atoms with Crippen molar-refractivity contribution in [3.8, 4) is 0 Å². The molecule has 0 bridgehead atoms. The van der Waals surface area contributed by atoms with Crippen molar-refractivity contribution in [2.24, 2.45) is 28.6 Å². The van der Waals surface area contributed by atoms with Crippen LogP contribution in [-0.4, -0.2) is 90.1 Å². The van der Waals surface area contributed by atoms with Crippen LogP contribution in [0, 0.1) is 28.6 Å². The number of sulfone groups is 1. The second-order valence-electron chi connectivity index (χ2n) is 19.0. The van der Waals surface area contributed by atoms with Crippen molar-refractivity contribution >= 4 is 39.4 Å². The average Bonchev–Trinajstić information content (AvgIpc) is 3.95. The van der Waals surface area contributed by atoms with Gasteiger partial charge in [-0.1, -0.05) is 78.7 Å². The number of nitrogens with one attached hydrogen (secondary N) is 4. The van der Waals surface area contributed by atoms with Gasteiger partial charge in [0.2, 0.25) is 17.6 Å². The average molecular weight is 778 g/mol. The molecule has 4 saturated carbocycles. The van der Waals surface area contributed by atoms with Gasteiger partial charge in [0.05, 0.1) is 28.6 Å². The lowest BCUT2D eigenvalue weighted by Gasteiger charge is -2.44. The molecule has 0 aromatic heterocycles. The molecule has 12 nitrogen and oxygen atoms in total. The topological polar surface area (TPSA) is 171 Å². The normalized spacial score (nSPS) is 26.7. The largest absolute Gasteiger partial charge is 0.344 e. The molecule has 4 aliphatic carbocycles. The Labute approximate surface area is 321 Å². The molecule has 14 heteroatoms. The molecule has 1 saturated heterocycles. The first-order valence-corrected chi connectivity index (χ1v) is 21.8. The van der Waals surface area contributed by atoms with Gasteiger partial charge in [0, 0.05) is 6.54 Å². The fraction of sp³-hybridized carbons (Fsp3) is 0.825. The zero-order valence-electron chi connectivity index (χ0n) is 33.3. The summed E-state index contributed by atoms with van der Waals surface area (Å²) in [6.45, 7) is 14.0. The predicted molar refractivity (Wildman–Crippen MR) is 204 cm³/mol. The summed E-state index contributed by atoms with van der Waals surface area (Å²) in [5.41, 5.74) is -1.83. The highest BCUT2D eigenvalue weighted by molar-refractivity contribution is 7.92. The van der Waals surface area contributed by atoms with Gasteiger partial charge < -0.3 is 26.2 Å². The van der Waals surface area contributed by atoms with Gasteiger partial charge in [-0.3, -0.25) is 19.2 Å². The first-order chi connectivity index (χ1) is 25.1. The number of Topliss-reactive ketones (excluding diaryl/α,β-unsaturated/α-hetero) is 1. The van der Waals surface area contributed by atoms with Crippen LogP contribution in [0.25, 0.3) is 0 Å². The van der Waals surface area contributed by atoms with Gasteiger partial charge in [0.1, 0.15) is 17.9 Å². The minimum absolute atomic E-state index is 0.0263. The number of carbonyl (C=O) groups excluding carboxylic acids is 5. The summed E-state index contributed by atoms with van der Waals surface area (Å²) >= 11 is 0. The smallest absolute Gasteiger partial charge is 0.315 e. The van der Waals surface area contributed by atoms with Gasteiger partial charge in [0.15, 0.2) is 9.84 Å². The number of carbonyl (C=O) groups is 5. The summed E-state index contributed by atoms with van der Waals surface area (Å²) in [6.07, 6.45) is 10.6. The SMILES string of the molecule is C=C(F)CNC(=O)C(=O)[C@@H](CCC1CC1)NC(=O)[C@@H]1[C@@H]2[C@H](CN1C(=O)[C@@H](NC(=O)NC1(CS(=O)(=O)C(C)(C)C)CCCCC1)C1(C)CCCCC1)C2(C)C. The molecular formula is C40H64FN5O7S. The van der Waals surface area contributed by atoms with Crippen LogP contribution in [0.4, 0.5) is 9.18 Å². The Hall–Kier alpha value is -3.03. The zero-order valence-corrected chi connectivity index (χ0v) is 34.1. The molecule has 54 heavy (non-hydrogen) atoms. The minimum Gasteiger partial charge on any atom is -0.344 e. The molecule has 4 N–H and O–H groups in total. The predicted octanol–water partition coefficient (Wildman–Crippen LogP) is 4.87. The van der Waals surface area contributed by atoms with Crippen molar-refractivity contribution < 1.29 is 36.8 Å². The maximum Gasteiger partial charge on any atom is 0.315 e. The molecule has 0 radical (unpaired) electrons. The monoisotopic (exact) mass is 777 g/mol. The van der Waals surface area contributed by atoms with Crippen LogP contribution in [-0.2, 0) is 29.0 Å². The number of hydrogen-bond acceptors (Lipinski definition) is 7. The van der Waals surface area contributed by atoms with Gasteiger partial charge in [-0.15, -0.1) is 0 Å². The highest BCUT2D eigenvalue weighted by Crippen LogP contribution is 2.65. The Morgan fingerprint density at radius 3 is 2.06 bits per heavy atom. The number of halogens is 1. The van der Waals surface area contributed by atoms with E-state index in [1.807, 2.05) is 6.92 Å². The summed E-state index contributed by atoms with van der Waals surface area (Å²) in [4.78, 5) is 71.0. The second-order valence-corrected chi connectivity index (χ2v) is 21.7. The standard InChI is InChI=1S/C40H64FN5O7S/c1-25(41)22-42-34(49)31(47)28(17-16-26-14-15-26)43-33(48)30-29-27(38(29,5)6)23-46(30)35(50)32(39(7)18-10-8-11-19-39)44-36(51)45-40(20-12-9-13-21-40)24-54(52,53)37(2,3)4/h26-30,32H,1,8-24H2,2-7H3,(H,42,49)(H,43,48)(H2,44,45,51)/t27-,28+,29-,30-,32+/m0/s1. The van der Waals surface area contributed by atoms with Crippen molar-refractivity contribution in [1.29, 1.82) is 0 Å². The second kappa shape index (κ2) is 15.8. The first-order valence-electron chi connectivity index (χ1n) is 20.2. The number of amides is 5. The maximum atomic E-state index is 14.9. The van der Waals surface area contributed by atoms with Crippen molar-refractivity contribution in [2.45, 2.75) is 160 Å². The molecule has 5 amide bonds. The molecule has 1 aliphatic heterocycles. The van der Waals surface area contributed by atoms with E-state index in [0.29, 0.717) is 44.6 Å². The number of hydrogen-bond donors (Lipinski definition) is 4. The van der Waals surface area contributed by atoms with Gasteiger partial charge in [-0.05, 0) is 87.9 Å². The molecule has 0 aromatic rings. The van der Waals surface area contributed by atoms with Crippen LogP contribution in [0.5, 0.6) is 0 Å². The number of likely N-dealkylation sites (tertiary alicyclic amines) is 1. The number of ketones is 1. The number of piperidine rings is 1. The van der Waals surface area contributed by atoms with Gasteiger partial charge in [0.25, 0.3) is 5.91 Å². The zero-order chi connectivity index (χ0) is 39.9. The molecule has 1 heterocycles. The summed E-state index contributed by atoms with van der Waals surface area (Å²) in [5, 5.41) is 11.2. The molecular weight excluding hydrogens is 714 g/mol. The lowest BCUT2D eigenvalue weighted by molar-refractivity contribution is -0.146. The summed E-state index contributed by atoms with van der Waals surface area (Å²) < 4.78 is 39.2. The lowest BCUT2D eigenvalue weighted by atomic mass is 9.70. The number of rotatable bonds is 15. The van der Waals surface area contributed by atoms with Crippen molar-refractivity contribution in [3.05, 3.63) is 12.4 Å². The Balaban J connectivity index is 1.39. The summed E-state index contributed by atoms with van der Waals surface area (Å²) in [6, 6.07) is -3.65. The van der Waals surface area contributed by atoms with E-state index >= 15 is 0 Å². The molecule has 0 aromatic carbocycles. The summed E-state index contributed by atoms with van der Waals surface area (Å²) in [7, 11) is -3.59. The lowest BCUT2D eigenvalue weighted by Crippen LogP contribution is -2.65. The van der Waals surface area contributed by atoms with E-state index in [2.05, 4.69) is 41.7 Å². The van der Waals surface area contributed by atoms with Crippen molar-refractivity contribution in [2.75, 3.05) is 18.8 Å². The third kappa shape index (κ3) is 9.32. The van der Waals surface area contributed by atoms with Crippen LogP contribution in [0.15, 0.2) is 12.4 Å². The summed E-state index contributed by atoms with van der Waals surface area (Å²) in [5.74, 6) is -3.52. The van der Waals surface area contributed by atoms with Crippen LogP contribution in [0.1, 0.15) is 131 Å². The van der Waals surface area contributed by atoms with Crippen molar-refractivity contribution in [1.82, 2.24) is 26.2 Å². The van der Waals surface area contributed by atoms with Crippen LogP contribution >= 0.6 is 0 Å². The number of fused-ring (bicyclic) bond motifs is 1. The fourth-order valence-electron chi connectivity index (χ4n) is 9.44. The van der Waals surface area contributed by atoms with E-state index in [1.54, 1.807) is 25.7 Å². The van der Waals surface area contributed by atoms with Gasteiger partial charge in [-0.25, -0.2) is 17.6 Å². The quantitative estimate of drug-likeness (QED) is 0.172. The highest BCUT2D eigenvalue weighted by atomic mass is 32.2. The van der Waals surface area contributed by atoms with E-state index in [0.717, 1.165) is 51.4 Å². The van der Waals surface area contributed by atoms with E-state index in [1.165, 1.54) is 0 Å². The Kier molecular flexibility index (Phi) is 12.4. The van der Waals surface area contributed by atoms with Crippen LogP contribution < -0.4 is 21.3 Å². The number of nitrogens with zero attached hydrogens (tertiary/aromatic N) is 1. The molecule has 5 fully saturated rings. The Bertz CT molecular complexity index is 1590. The first kappa shape index (κ1) is 42.1. The molecule has 0 spiro atoms. The Morgan fingerprint density at radius 2 is 1.50 bits per heavy atom. The van der Waals surface area contributed by atoms with Crippen LogP contribution in [0.3, 0.4) is 0 Å². The third-order valence-electron chi connectivity index (χ3n) is 13.4. The van der Waals surface area contributed by atoms with E-state index < -0.39 is 79.7 Å². The molecule has 0 unspecified atom stereocenters. The van der Waals surface area contributed by atoms with E-state index in [9.17, 15) is 36.8 Å². The van der Waals surface area contributed by atoms with Crippen LogP contribution in [0.2, 0.25) is 0 Å². The molecule has 5 rings (SSSR count). The third-order valence-corrected chi connectivity index (χ3v) is 16.2.